The number of ether oxygens (including phenoxy) is 4. The smallest absolute Gasteiger partial charge is 0.313 e. The fourth-order valence-corrected chi connectivity index (χ4v) is 1.54. The zero-order valence-electron chi connectivity index (χ0n) is 11.8. The summed E-state index contributed by atoms with van der Waals surface area (Å²) in [6.45, 7) is 1.91. The molecule has 1 aromatic rings. The average molecular weight is 282 g/mol. The monoisotopic (exact) mass is 282 g/mol. The molecule has 0 aliphatic carbocycles. The van der Waals surface area contributed by atoms with Crippen LogP contribution in [-0.2, 0) is 14.3 Å². The number of carbonyl (C=O) groups is 2. The van der Waals surface area contributed by atoms with Gasteiger partial charge in [-0.2, -0.15) is 0 Å². The first-order valence-electron chi connectivity index (χ1n) is 6.11. The van der Waals surface area contributed by atoms with E-state index in [4.69, 9.17) is 18.9 Å². The van der Waals surface area contributed by atoms with E-state index >= 15 is 0 Å². The maximum Gasteiger partial charge on any atom is 0.313 e. The van der Waals surface area contributed by atoms with E-state index in [1.165, 1.54) is 14.2 Å². The molecule has 1 aromatic carbocycles. The van der Waals surface area contributed by atoms with Crippen LogP contribution >= 0.6 is 0 Å². The number of esters is 1. The van der Waals surface area contributed by atoms with Crippen LogP contribution in [0, 0.1) is 0 Å². The van der Waals surface area contributed by atoms with Crippen LogP contribution in [0.2, 0.25) is 0 Å². The van der Waals surface area contributed by atoms with Crippen LogP contribution in [0.25, 0.3) is 0 Å². The van der Waals surface area contributed by atoms with E-state index in [2.05, 4.69) is 0 Å². The topological polar surface area (TPSA) is 71.1 Å². The van der Waals surface area contributed by atoms with Crippen molar-refractivity contribution in [3.8, 4) is 11.5 Å². The molecule has 0 amide bonds. The Morgan fingerprint density at radius 2 is 1.95 bits per heavy atom. The molecule has 0 heterocycles. The van der Waals surface area contributed by atoms with E-state index in [0.717, 1.165) is 0 Å². The van der Waals surface area contributed by atoms with Crippen molar-refractivity contribution in [3.05, 3.63) is 23.8 Å². The molecule has 0 N–H and O–H groups in total. The first-order chi connectivity index (χ1) is 9.62. The lowest BCUT2D eigenvalue weighted by molar-refractivity contribution is -0.141. The highest BCUT2D eigenvalue weighted by molar-refractivity contribution is 6.07. The molecule has 0 spiro atoms. The third-order valence-electron chi connectivity index (χ3n) is 2.43. The highest BCUT2D eigenvalue weighted by atomic mass is 16.7. The van der Waals surface area contributed by atoms with Crippen molar-refractivity contribution in [3.63, 3.8) is 0 Å². The Morgan fingerprint density at radius 1 is 1.20 bits per heavy atom. The van der Waals surface area contributed by atoms with Crippen LogP contribution in [0.3, 0.4) is 0 Å². The fraction of sp³-hybridized carbons (Fsp3) is 0.429. The Kier molecular flexibility index (Phi) is 6.52. The first kappa shape index (κ1) is 16.0. The van der Waals surface area contributed by atoms with Gasteiger partial charge in [0, 0.05) is 13.2 Å². The van der Waals surface area contributed by atoms with Gasteiger partial charge >= 0.3 is 5.97 Å². The quantitative estimate of drug-likeness (QED) is 0.313. The van der Waals surface area contributed by atoms with Gasteiger partial charge in [-0.25, -0.2) is 0 Å². The first-order valence-corrected chi connectivity index (χ1v) is 6.11. The van der Waals surface area contributed by atoms with Gasteiger partial charge < -0.3 is 18.9 Å². The molecule has 6 heteroatoms. The zero-order valence-corrected chi connectivity index (χ0v) is 11.8. The standard InChI is InChI=1S/C14H18O6/c1-4-19-14(16)8-12(15)11-6-5-10(18-3)7-13(11)20-9-17-2/h5-7H,4,8-9H2,1-3H3. The van der Waals surface area contributed by atoms with Gasteiger partial charge in [-0.05, 0) is 19.1 Å². The Balaban J connectivity index is 2.91. The van der Waals surface area contributed by atoms with Crippen LogP contribution in [0.4, 0.5) is 0 Å². The van der Waals surface area contributed by atoms with Crippen molar-refractivity contribution in [1.82, 2.24) is 0 Å². The molecule has 0 aliphatic heterocycles. The Hall–Kier alpha value is -2.08. The molecule has 20 heavy (non-hydrogen) atoms. The average Bonchev–Trinajstić information content (AvgIpc) is 2.44. The van der Waals surface area contributed by atoms with Crippen LogP contribution in [0.1, 0.15) is 23.7 Å². The maximum absolute atomic E-state index is 12.1. The maximum atomic E-state index is 12.1. The van der Waals surface area contributed by atoms with Crippen molar-refractivity contribution in [2.24, 2.45) is 0 Å². The molecule has 1 rings (SSSR count). The van der Waals surface area contributed by atoms with E-state index in [1.54, 1.807) is 25.1 Å². The molecule has 0 saturated carbocycles. The predicted octanol–water partition coefficient (Wildman–Crippen LogP) is 1.81. The van der Waals surface area contributed by atoms with Crippen molar-refractivity contribution in [2.45, 2.75) is 13.3 Å². The lowest BCUT2D eigenvalue weighted by Crippen LogP contribution is -2.13. The van der Waals surface area contributed by atoms with E-state index in [0.29, 0.717) is 11.5 Å². The minimum Gasteiger partial charge on any atom is -0.497 e. The number of carbonyl (C=O) groups excluding carboxylic acids is 2. The lowest BCUT2D eigenvalue weighted by atomic mass is 10.1. The van der Waals surface area contributed by atoms with Gasteiger partial charge in [-0.3, -0.25) is 9.59 Å². The van der Waals surface area contributed by atoms with E-state index < -0.39 is 5.97 Å². The molecule has 110 valence electrons. The molecule has 0 atom stereocenters. The molecule has 0 aliphatic rings. The number of Topliss-reactive ketones (excluding diaryl/α,β-unsaturated/α-hetero) is 1. The largest absolute Gasteiger partial charge is 0.497 e. The third-order valence-corrected chi connectivity index (χ3v) is 2.43. The van der Waals surface area contributed by atoms with E-state index in [9.17, 15) is 9.59 Å². The van der Waals surface area contributed by atoms with Gasteiger partial charge in [0.25, 0.3) is 0 Å². The SMILES string of the molecule is CCOC(=O)CC(=O)c1ccc(OC)cc1OCOC. The number of rotatable bonds is 8. The van der Waals surface area contributed by atoms with E-state index in [1.807, 2.05) is 0 Å². The normalized spacial score (nSPS) is 9.95. The second-order valence-corrected chi connectivity index (χ2v) is 3.82. The van der Waals surface area contributed by atoms with Gasteiger partial charge in [0.2, 0.25) is 0 Å². The summed E-state index contributed by atoms with van der Waals surface area (Å²) in [5, 5.41) is 0. The van der Waals surface area contributed by atoms with Gasteiger partial charge in [-0.1, -0.05) is 0 Å². The Morgan fingerprint density at radius 3 is 2.55 bits per heavy atom. The van der Waals surface area contributed by atoms with Crippen LogP contribution in [0.15, 0.2) is 18.2 Å². The van der Waals surface area contributed by atoms with Gasteiger partial charge in [0.15, 0.2) is 12.6 Å². The van der Waals surface area contributed by atoms with Crippen molar-refractivity contribution in [2.75, 3.05) is 27.6 Å². The zero-order chi connectivity index (χ0) is 15.0. The molecule has 6 nitrogen and oxygen atoms in total. The minimum atomic E-state index is -0.564. The number of ketones is 1. The molecule has 0 aromatic heterocycles. The van der Waals surface area contributed by atoms with Gasteiger partial charge in [0.05, 0.1) is 19.3 Å². The van der Waals surface area contributed by atoms with Crippen LogP contribution in [-0.4, -0.2) is 39.4 Å². The van der Waals surface area contributed by atoms with Crippen molar-refractivity contribution >= 4 is 11.8 Å². The minimum absolute atomic E-state index is 0.00709. The summed E-state index contributed by atoms with van der Waals surface area (Å²) in [5.41, 5.74) is 0.288. The molecular formula is C14H18O6. The molecule has 0 unspecified atom stereocenters. The number of methoxy groups -OCH3 is 2. The number of hydrogen-bond donors (Lipinski definition) is 0. The highest BCUT2D eigenvalue weighted by Crippen LogP contribution is 2.26. The molecule has 0 radical (unpaired) electrons. The summed E-state index contributed by atoms with van der Waals surface area (Å²) in [6, 6.07) is 4.74. The lowest BCUT2D eigenvalue weighted by Gasteiger charge is -2.11. The summed E-state index contributed by atoms with van der Waals surface area (Å²) in [7, 11) is 2.98. The van der Waals surface area contributed by atoms with Crippen LogP contribution in [0.5, 0.6) is 11.5 Å². The van der Waals surface area contributed by atoms with Gasteiger partial charge in [-0.15, -0.1) is 0 Å². The molecular weight excluding hydrogens is 264 g/mol. The van der Waals surface area contributed by atoms with Crippen molar-refractivity contribution in [1.29, 1.82) is 0 Å². The Labute approximate surface area is 117 Å². The fourth-order valence-electron chi connectivity index (χ4n) is 1.54. The second kappa shape index (κ2) is 8.16. The summed E-state index contributed by atoms with van der Waals surface area (Å²) in [5.74, 6) is -0.0903. The molecule has 0 bridgehead atoms. The highest BCUT2D eigenvalue weighted by Gasteiger charge is 2.18. The second-order valence-electron chi connectivity index (χ2n) is 3.82. The summed E-state index contributed by atoms with van der Waals surface area (Å²) >= 11 is 0. The Bertz CT molecular complexity index is 469. The predicted molar refractivity (Wildman–Crippen MR) is 71.1 cm³/mol. The van der Waals surface area contributed by atoms with Gasteiger partial charge in [0.1, 0.15) is 17.9 Å². The summed E-state index contributed by atoms with van der Waals surface area (Å²) < 4.78 is 19.9. The molecule has 0 fully saturated rings. The van der Waals surface area contributed by atoms with Crippen molar-refractivity contribution < 1.29 is 28.5 Å². The van der Waals surface area contributed by atoms with Crippen LogP contribution < -0.4 is 9.47 Å². The third kappa shape index (κ3) is 4.55. The summed E-state index contributed by atoms with van der Waals surface area (Å²) in [6.07, 6.45) is -0.330. The van der Waals surface area contributed by atoms with E-state index in [-0.39, 0.29) is 31.2 Å². The summed E-state index contributed by atoms with van der Waals surface area (Å²) in [4.78, 5) is 23.4. The number of hydrogen-bond acceptors (Lipinski definition) is 6. The number of benzene rings is 1. The molecule has 0 saturated heterocycles.